The van der Waals surface area contributed by atoms with Gasteiger partial charge in [-0.3, -0.25) is 4.79 Å². The Morgan fingerprint density at radius 1 is 0.935 bits per heavy atom. The van der Waals surface area contributed by atoms with Gasteiger partial charge in [-0.15, -0.1) is 0 Å². The first-order valence-corrected chi connectivity index (χ1v) is 10.5. The van der Waals surface area contributed by atoms with Gasteiger partial charge < -0.3 is 15.5 Å². The molecule has 0 aromatic heterocycles. The molecule has 3 rings (SSSR count). The van der Waals surface area contributed by atoms with Crippen LogP contribution in [0.3, 0.4) is 0 Å². The van der Waals surface area contributed by atoms with E-state index >= 15 is 0 Å². The van der Waals surface area contributed by atoms with Crippen LogP contribution in [0.1, 0.15) is 23.2 Å². The highest BCUT2D eigenvalue weighted by Gasteiger charge is 2.33. The van der Waals surface area contributed by atoms with E-state index in [1.54, 1.807) is 0 Å². The van der Waals surface area contributed by atoms with Gasteiger partial charge in [0.1, 0.15) is 10.7 Å². The van der Waals surface area contributed by atoms with Crippen LogP contribution in [0.2, 0.25) is 0 Å². The Hall–Kier alpha value is -2.54. The number of amides is 1. The minimum atomic E-state index is -4.54. The van der Waals surface area contributed by atoms with E-state index in [1.165, 1.54) is 0 Å². The number of aliphatic hydroxyl groups excluding tert-OH is 2. The predicted octanol–water partition coefficient (Wildman–Crippen LogP) is 2.00. The Labute approximate surface area is 175 Å². The van der Waals surface area contributed by atoms with E-state index in [2.05, 4.69) is 5.32 Å². The molecule has 0 saturated carbocycles. The van der Waals surface area contributed by atoms with Crippen molar-refractivity contribution in [1.82, 2.24) is 4.31 Å². The summed E-state index contributed by atoms with van der Waals surface area (Å²) in [5, 5.41) is 21.8. The van der Waals surface area contributed by atoms with Gasteiger partial charge >= 0.3 is 0 Å². The number of rotatable bonds is 4. The van der Waals surface area contributed by atoms with E-state index in [1.807, 2.05) is 0 Å². The molecule has 0 aliphatic carbocycles. The van der Waals surface area contributed by atoms with Crippen LogP contribution in [0.25, 0.3) is 0 Å². The maximum absolute atomic E-state index is 14.4. The Morgan fingerprint density at radius 2 is 1.48 bits per heavy atom. The highest BCUT2D eigenvalue weighted by molar-refractivity contribution is 7.89. The number of benzene rings is 2. The van der Waals surface area contributed by atoms with Gasteiger partial charge in [0.05, 0.1) is 12.2 Å². The van der Waals surface area contributed by atoms with E-state index in [4.69, 9.17) is 0 Å². The van der Waals surface area contributed by atoms with Crippen molar-refractivity contribution in [2.24, 2.45) is 0 Å². The number of nitrogens with one attached hydrogen (secondary N) is 1. The third-order valence-corrected chi connectivity index (χ3v) is 6.56. The lowest BCUT2D eigenvalue weighted by molar-refractivity contribution is 0.102. The van der Waals surface area contributed by atoms with E-state index < -0.39 is 62.0 Å². The molecule has 1 saturated heterocycles. The van der Waals surface area contributed by atoms with Gasteiger partial charge in [-0.05, 0) is 31.0 Å². The van der Waals surface area contributed by atoms with Crippen LogP contribution < -0.4 is 5.32 Å². The number of carbonyl (C=O) groups excluding carboxylic acids is 1. The van der Waals surface area contributed by atoms with E-state index in [0.717, 1.165) is 22.5 Å². The van der Waals surface area contributed by atoms with Crippen LogP contribution in [-0.4, -0.2) is 54.1 Å². The minimum absolute atomic E-state index is 0.156. The first-order chi connectivity index (χ1) is 14.5. The molecule has 0 radical (unpaired) electrons. The molecule has 12 heteroatoms. The number of β-amino-alcohol motifs (C(OH)–C–C–N with tert-alkyl or cyclic N) is 2. The van der Waals surface area contributed by atoms with Gasteiger partial charge in [0.15, 0.2) is 17.5 Å². The van der Waals surface area contributed by atoms with Crippen LogP contribution in [0.5, 0.6) is 0 Å². The second kappa shape index (κ2) is 8.91. The second-order valence-electron chi connectivity index (χ2n) is 7.06. The van der Waals surface area contributed by atoms with E-state index in [-0.39, 0.29) is 31.5 Å². The normalized spacial score (nSPS) is 20.3. The number of hydrogen-bond donors (Lipinski definition) is 3. The van der Waals surface area contributed by atoms with Crippen LogP contribution in [0.4, 0.5) is 23.2 Å². The lowest BCUT2D eigenvalue weighted by Crippen LogP contribution is -2.39. The van der Waals surface area contributed by atoms with Crippen LogP contribution in [0, 0.1) is 23.3 Å². The average Bonchev–Trinajstić information content (AvgIpc) is 2.87. The summed E-state index contributed by atoms with van der Waals surface area (Å²) in [6, 6.07) is 3.44. The fourth-order valence-electron chi connectivity index (χ4n) is 3.12. The minimum Gasteiger partial charge on any atom is -0.392 e. The van der Waals surface area contributed by atoms with Crippen molar-refractivity contribution in [2.75, 3.05) is 18.4 Å². The summed E-state index contributed by atoms with van der Waals surface area (Å²) in [6.07, 6.45) is -1.82. The Morgan fingerprint density at radius 3 is 2.03 bits per heavy atom. The van der Waals surface area contributed by atoms with Crippen molar-refractivity contribution in [2.45, 2.75) is 29.9 Å². The van der Waals surface area contributed by atoms with Crippen molar-refractivity contribution < 1.29 is 41.0 Å². The molecule has 31 heavy (non-hydrogen) atoms. The molecule has 1 aliphatic rings. The van der Waals surface area contributed by atoms with Crippen LogP contribution >= 0.6 is 0 Å². The lowest BCUT2D eigenvalue weighted by Gasteiger charge is -2.23. The number of carbonyl (C=O) groups is 1. The molecular weight excluding hydrogens is 444 g/mol. The van der Waals surface area contributed by atoms with Crippen molar-refractivity contribution in [1.29, 1.82) is 0 Å². The molecule has 1 fully saturated rings. The zero-order valence-corrected chi connectivity index (χ0v) is 16.7. The Balaban J connectivity index is 1.91. The van der Waals surface area contributed by atoms with Crippen molar-refractivity contribution in [3.63, 3.8) is 0 Å². The van der Waals surface area contributed by atoms with Crippen molar-refractivity contribution in [3.8, 4) is 0 Å². The van der Waals surface area contributed by atoms with Crippen LogP contribution in [-0.2, 0) is 10.0 Å². The van der Waals surface area contributed by atoms with Crippen molar-refractivity contribution >= 4 is 21.6 Å². The average molecular weight is 462 g/mol. The number of aliphatic hydroxyl groups is 2. The molecule has 2 aromatic rings. The van der Waals surface area contributed by atoms with Gasteiger partial charge in [0, 0.05) is 36.5 Å². The second-order valence-corrected chi connectivity index (χ2v) is 8.97. The standard InChI is InChI=1S/C19H18F4N2O5S/c20-14-4-1-10(19(28)24-11-6-15(21)18(23)16(22)7-11)5-17(14)31(29,30)25-8-12(26)2-3-13(27)9-25/h1,4-7,12-13,26-27H,2-3,8-9H2,(H,24,28)/t12-,13+. The highest BCUT2D eigenvalue weighted by Crippen LogP contribution is 2.25. The molecule has 1 amide bonds. The summed E-state index contributed by atoms with van der Waals surface area (Å²) < 4.78 is 80.6. The number of nitrogens with zero attached hydrogens (tertiary/aromatic N) is 1. The summed E-state index contributed by atoms with van der Waals surface area (Å²) in [5.74, 6) is -7.02. The smallest absolute Gasteiger partial charge is 0.255 e. The fourth-order valence-corrected chi connectivity index (χ4v) is 4.73. The van der Waals surface area contributed by atoms with Crippen molar-refractivity contribution in [3.05, 3.63) is 59.2 Å². The molecule has 3 N–H and O–H groups in total. The fraction of sp³-hybridized carbons (Fsp3) is 0.316. The first kappa shape index (κ1) is 23.1. The van der Waals surface area contributed by atoms with Gasteiger partial charge in [0.25, 0.3) is 5.91 Å². The monoisotopic (exact) mass is 462 g/mol. The van der Waals surface area contributed by atoms with E-state index in [9.17, 15) is 41.0 Å². The van der Waals surface area contributed by atoms with Gasteiger partial charge in [-0.2, -0.15) is 4.31 Å². The van der Waals surface area contributed by atoms with E-state index in [0.29, 0.717) is 12.1 Å². The third kappa shape index (κ3) is 5.03. The number of sulfonamides is 1. The topological polar surface area (TPSA) is 107 Å². The van der Waals surface area contributed by atoms with Gasteiger partial charge in [0.2, 0.25) is 10.0 Å². The molecule has 2 atom stereocenters. The molecule has 2 aromatic carbocycles. The number of halogens is 4. The molecule has 0 unspecified atom stereocenters. The zero-order chi connectivity index (χ0) is 22.9. The molecule has 7 nitrogen and oxygen atoms in total. The summed E-state index contributed by atoms with van der Waals surface area (Å²) in [4.78, 5) is 11.5. The molecule has 1 aliphatic heterocycles. The predicted molar refractivity (Wildman–Crippen MR) is 101 cm³/mol. The maximum atomic E-state index is 14.4. The summed E-state index contributed by atoms with van der Waals surface area (Å²) >= 11 is 0. The molecule has 0 spiro atoms. The first-order valence-electron chi connectivity index (χ1n) is 9.10. The SMILES string of the molecule is O=C(Nc1cc(F)c(F)c(F)c1)c1ccc(F)c(S(=O)(=O)N2C[C@H](O)CC[C@H](O)C2)c1. The Bertz CT molecular complexity index is 1080. The molecule has 168 valence electrons. The number of anilines is 1. The Kier molecular flexibility index (Phi) is 6.65. The summed E-state index contributed by atoms with van der Waals surface area (Å²) in [6.45, 7) is -0.743. The van der Waals surface area contributed by atoms with Gasteiger partial charge in [-0.1, -0.05) is 0 Å². The summed E-state index contributed by atoms with van der Waals surface area (Å²) in [5.41, 5.74) is -0.796. The third-order valence-electron chi connectivity index (χ3n) is 4.71. The van der Waals surface area contributed by atoms with Gasteiger partial charge in [-0.25, -0.2) is 26.0 Å². The van der Waals surface area contributed by atoms with Crippen LogP contribution in [0.15, 0.2) is 35.2 Å². The zero-order valence-electron chi connectivity index (χ0n) is 15.9. The molecule has 1 heterocycles. The quantitative estimate of drug-likeness (QED) is 0.476. The molecular formula is C19H18F4N2O5S. The largest absolute Gasteiger partial charge is 0.392 e. The highest BCUT2D eigenvalue weighted by atomic mass is 32.2. The summed E-state index contributed by atoms with van der Waals surface area (Å²) in [7, 11) is -4.54. The lowest BCUT2D eigenvalue weighted by atomic mass is 10.1. The number of hydrogen-bond acceptors (Lipinski definition) is 5. The molecule has 0 bridgehead atoms. The maximum Gasteiger partial charge on any atom is 0.255 e.